The van der Waals surface area contributed by atoms with Gasteiger partial charge in [0.1, 0.15) is 34.4 Å². The van der Waals surface area contributed by atoms with Gasteiger partial charge in [-0.1, -0.05) is 19.6 Å². The number of aryl methyl sites for hydroxylation is 3. The highest BCUT2D eigenvalue weighted by molar-refractivity contribution is 7.16. The number of thiophene rings is 2. The van der Waals surface area contributed by atoms with Crippen LogP contribution in [-0.4, -0.2) is 56.0 Å². The molecule has 0 fully saturated rings. The molecule has 2 N–H and O–H groups in total. The number of imidazole rings is 1. The number of aldehydes is 1. The van der Waals surface area contributed by atoms with Crippen molar-refractivity contribution in [3.8, 4) is 33.1 Å². The topological polar surface area (TPSA) is 145 Å². The number of aromatic nitrogens is 6. The predicted molar refractivity (Wildman–Crippen MR) is 209 cm³/mol. The van der Waals surface area contributed by atoms with Gasteiger partial charge in [-0.3, -0.25) is 24.4 Å². The number of benzene rings is 2. The van der Waals surface area contributed by atoms with Gasteiger partial charge in [-0.05, 0) is 50.2 Å². The second-order valence-electron chi connectivity index (χ2n) is 11.4. The van der Waals surface area contributed by atoms with Gasteiger partial charge >= 0.3 is 0 Å². The van der Waals surface area contributed by atoms with E-state index < -0.39 is 46.2 Å². The van der Waals surface area contributed by atoms with Crippen LogP contribution in [0.3, 0.4) is 0 Å². The van der Waals surface area contributed by atoms with Gasteiger partial charge in [-0.2, -0.15) is 0 Å². The molecule has 18 heteroatoms. The Kier molecular flexibility index (Phi) is 13.8. The molecule has 0 aliphatic heterocycles. The Labute approximate surface area is 328 Å². The molecule has 0 unspecified atom stereocenters. The van der Waals surface area contributed by atoms with Crippen LogP contribution in [0.1, 0.15) is 47.6 Å². The molecule has 0 atom stereocenters. The first-order valence-corrected chi connectivity index (χ1v) is 17.3. The smallest absolute Gasteiger partial charge is 0.262 e. The summed E-state index contributed by atoms with van der Waals surface area (Å²) in [5, 5.41) is 4.67. The van der Waals surface area contributed by atoms with Crippen molar-refractivity contribution >= 4 is 60.8 Å². The van der Waals surface area contributed by atoms with E-state index in [0.717, 1.165) is 62.0 Å². The van der Waals surface area contributed by atoms with E-state index in [1.807, 2.05) is 31.5 Å². The molecule has 7 aromatic rings. The Morgan fingerprint density at radius 2 is 1.16 bits per heavy atom. The minimum absolute atomic E-state index is 0. The molecule has 0 aliphatic rings. The number of hydrogen-bond donors (Lipinski definition) is 2. The lowest BCUT2D eigenvalue weighted by molar-refractivity contribution is 0.101. The maximum absolute atomic E-state index is 13.7. The largest absolute Gasteiger partial charge is 0.333 e. The summed E-state index contributed by atoms with van der Waals surface area (Å²) in [5.41, 5.74) is 2.48. The fourth-order valence-electron chi connectivity index (χ4n) is 5.13. The molecule has 2 aromatic carbocycles. The molecule has 0 aliphatic carbocycles. The molecule has 0 saturated heterocycles. The standard InChI is InChI=1S/C20H15F2N5OS.C17H11F2N3O2S.CH4.B/c1-11-12(6-17(29-11)16-8-23-10-27(16)2)15-7-25-18(9-24-15)26-20(28)19-13(21)4-3-5-14(19)22;1-9-11(5-10(8-23)25-9)14-6-21-15(7-20-14)22-17(24)16-12(18)3-2-4-13(16)19;;/h3-10H,1-2H3,(H,25,26,28);2-8H,1H3,(H,21,22,24);1H4;. The molecule has 3 radical (unpaired) electrons. The summed E-state index contributed by atoms with van der Waals surface area (Å²) in [5.74, 6) is -5.52. The van der Waals surface area contributed by atoms with Crippen LogP contribution in [0, 0.1) is 37.1 Å². The van der Waals surface area contributed by atoms with Gasteiger partial charge in [0.05, 0.1) is 64.1 Å². The van der Waals surface area contributed by atoms with Crippen LogP contribution in [-0.2, 0) is 7.05 Å². The Hall–Kier alpha value is -6.40. The first-order valence-electron chi connectivity index (χ1n) is 15.7. The fourth-order valence-corrected chi connectivity index (χ4v) is 7.06. The Morgan fingerprint density at radius 1 is 0.696 bits per heavy atom. The normalized spacial score (nSPS) is 10.3. The summed E-state index contributed by atoms with van der Waals surface area (Å²) in [4.78, 5) is 59.4. The molecule has 5 heterocycles. The zero-order chi connectivity index (χ0) is 38.5. The highest BCUT2D eigenvalue weighted by atomic mass is 32.1. The lowest BCUT2D eigenvalue weighted by Crippen LogP contribution is -2.16. The quantitative estimate of drug-likeness (QED) is 0.0885. The Balaban J connectivity index is 0.000000243. The lowest BCUT2D eigenvalue weighted by Gasteiger charge is -2.07. The van der Waals surface area contributed by atoms with Crippen LogP contribution in [0.2, 0.25) is 0 Å². The van der Waals surface area contributed by atoms with Crippen LogP contribution in [0.15, 0.2) is 85.8 Å². The number of carbonyl (C=O) groups excluding carboxylic acids is 3. The fraction of sp³-hybridized carbons (Fsp3) is 0.105. The van der Waals surface area contributed by atoms with Crippen LogP contribution >= 0.6 is 22.7 Å². The minimum atomic E-state index is -0.961. The third kappa shape index (κ3) is 9.27. The maximum atomic E-state index is 13.7. The van der Waals surface area contributed by atoms with E-state index in [1.165, 1.54) is 48.3 Å². The van der Waals surface area contributed by atoms with Gasteiger partial charge in [0.15, 0.2) is 17.9 Å². The summed E-state index contributed by atoms with van der Waals surface area (Å²) in [6.07, 6.45) is 9.84. The van der Waals surface area contributed by atoms with E-state index in [4.69, 9.17) is 0 Å². The van der Waals surface area contributed by atoms with Gasteiger partial charge in [-0.15, -0.1) is 22.7 Å². The second-order valence-corrected chi connectivity index (χ2v) is 13.9. The Bertz CT molecular complexity index is 2470. The second kappa shape index (κ2) is 18.3. The zero-order valence-corrected chi connectivity index (χ0v) is 30.6. The average Bonchev–Trinajstić information content (AvgIpc) is 3.86. The molecule has 283 valence electrons. The number of anilines is 2. The number of halogens is 4. The van der Waals surface area contributed by atoms with Crippen molar-refractivity contribution in [1.82, 2.24) is 29.5 Å². The summed E-state index contributed by atoms with van der Waals surface area (Å²) >= 11 is 2.95. The van der Waals surface area contributed by atoms with Gasteiger partial charge in [0.25, 0.3) is 11.8 Å². The van der Waals surface area contributed by atoms with Gasteiger partial charge in [0, 0.05) is 36.3 Å². The summed E-state index contributed by atoms with van der Waals surface area (Å²) in [7, 11) is 1.92. The van der Waals surface area contributed by atoms with Crippen LogP contribution in [0.25, 0.3) is 33.1 Å². The molecule has 7 rings (SSSR count). The number of carbonyl (C=O) groups is 3. The van der Waals surface area contributed by atoms with E-state index in [1.54, 1.807) is 29.9 Å². The van der Waals surface area contributed by atoms with Crippen molar-refractivity contribution in [2.75, 3.05) is 10.6 Å². The van der Waals surface area contributed by atoms with Crippen molar-refractivity contribution in [1.29, 1.82) is 0 Å². The molecular weight excluding hydrogens is 767 g/mol. The maximum Gasteiger partial charge on any atom is 0.262 e. The highest BCUT2D eigenvalue weighted by Gasteiger charge is 2.20. The molecule has 0 bridgehead atoms. The van der Waals surface area contributed by atoms with Crippen molar-refractivity contribution in [3.63, 3.8) is 0 Å². The third-order valence-corrected chi connectivity index (χ3v) is 9.81. The monoisotopic (exact) mass is 797 g/mol. The lowest BCUT2D eigenvalue weighted by atomic mass is 10.2. The third-order valence-electron chi connectivity index (χ3n) is 7.76. The number of hydrogen-bond acceptors (Lipinski definition) is 10. The first kappa shape index (κ1) is 42.3. The number of rotatable bonds is 8. The summed E-state index contributed by atoms with van der Waals surface area (Å²) < 4.78 is 56.6. The Morgan fingerprint density at radius 3 is 1.55 bits per heavy atom. The van der Waals surface area contributed by atoms with Crippen LogP contribution in [0.4, 0.5) is 29.2 Å². The van der Waals surface area contributed by atoms with Crippen molar-refractivity contribution in [3.05, 3.63) is 135 Å². The molecular formula is C38H30BF4N8O3S2. The average molecular weight is 798 g/mol. The van der Waals surface area contributed by atoms with E-state index in [-0.39, 0.29) is 27.5 Å². The first-order chi connectivity index (χ1) is 25.9. The molecule has 5 aromatic heterocycles. The minimum Gasteiger partial charge on any atom is -0.333 e. The SMILES string of the molecule is C.Cc1sc(-c2cncn2C)cc1-c1cnc(NC(=O)c2c(F)cccc2F)cn1.Cc1sc(C=O)cc1-c1cnc(NC(=O)c2c(F)cccc2F)cn1.[B]. The van der Waals surface area contributed by atoms with Gasteiger partial charge in [0.2, 0.25) is 0 Å². The number of nitrogens with zero attached hydrogens (tertiary/aromatic N) is 6. The highest BCUT2D eigenvalue weighted by Crippen LogP contribution is 2.36. The number of amides is 2. The van der Waals surface area contributed by atoms with Gasteiger partial charge < -0.3 is 15.2 Å². The van der Waals surface area contributed by atoms with Gasteiger partial charge in [-0.25, -0.2) is 32.5 Å². The van der Waals surface area contributed by atoms with E-state index in [0.29, 0.717) is 16.3 Å². The van der Waals surface area contributed by atoms with E-state index in [2.05, 4.69) is 35.6 Å². The van der Waals surface area contributed by atoms with E-state index in [9.17, 15) is 31.9 Å². The van der Waals surface area contributed by atoms with Crippen molar-refractivity contribution in [2.24, 2.45) is 7.05 Å². The molecule has 2 amide bonds. The molecule has 56 heavy (non-hydrogen) atoms. The van der Waals surface area contributed by atoms with Crippen molar-refractivity contribution < 1.29 is 31.9 Å². The van der Waals surface area contributed by atoms with Crippen LogP contribution < -0.4 is 10.6 Å². The summed E-state index contributed by atoms with van der Waals surface area (Å²) in [6, 6.07) is 10.1. The molecule has 0 spiro atoms. The predicted octanol–water partition coefficient (Wildman–Crippen LogP) is 8.56. The molecule has 11 nitrogen and oxygen atoms in total. The summed E-state index contributed by atoms with van der Waals surface area (Å²) in [6.45, 7) is 3.84. The zero-order valence-electron chi connectivity index (χ0n) is 29.0. The molecule has 0 saturated carbocycles. The van der Waals surface area contributed by atoms with E-state index >= 15 is 0 Å². The number of nitrogens with one attached hydrogen (secondary N) is 2. The van der Waals surface area contributed by atoms with Crippen LogP contribution in [0.5, 0.6) is 0 Å². The van der Waals surface area contributed by atoms with Crippen molar-refractivity contribution in [2.45, 2.75) is 21.3 Å².